The lowest BCUT2D eigenvalue weighted by atomic mass is 9.97. The van der Waals surface area contributed by atoms with Crippen molar-refractivity contribution < 1.29 is 14.6 Å². The highest BCUT2D eigenvalue weighted by molar-refractivity contribution is 5.70. The molecule has 1 fully saturated rings. The highest BCUT2D eigenvalue weighted by Gasteiger charge is 2.24. The second-order valence-corrected chi connectivity index (χ2v) is 6.62. The van der Waals surface area contributed by atoms with Crippen LogP contribution in [0.25, 0.3) is 0 Å². The number of ether oxygens (including phenoxy) is 1. The van der Waals surface area contributed by atoms with Gasteiger partial charge in [0.15, 0.2) is 0 Å². The predicted octanol–water partition coefficient (Wildman–Crippen LogP) is 3.60. The van der Waals surface area contributed by atoms with Crippen LogP contribution in [-0.4, -0.2) is 35.7 Å². The number of piperidine rings is 1. The maximum atomic E-state index is 11.0. The molecular weight excluding hydrogens is 314 g/mol. The molecule has 1 saturated heterocycles. The van der Waals surface area contributed by atoms with E-state index in [-0.39, 0.29) is 5.92 Å². The van der Waals surface area contributed by atoms with E-state index < -0.39 is 5.97 Å². The standard InChI is InChI=1S/C21H25NO3/c23-21(24)19-10-13-22(14-11-19)16-18-6-8-20(9-7-18)25-15-12-17-4-2-1-3-5-17/h1-9,19H,10-16H2,(H,23,24). The van der Waals surface area contributed by atoms with Crippen molar-refractivity contribution in [1.29, 1.82) is 0 Å². The third-order valence-corrected chi connectivity index (χ3v) is 4.77. The van der Waals surface area contributed by atoms with Gasteiger partial charge in [0.1, 0.15) is 5.75 Å². The quantitative estimate of drug-likeness (QED) is 0.837. The fourth-order valence-electron chi connectivity index (χ4n) is 3.22. The Morgan fingerprint density at radius 2 is 1.68 bits per heavy atom. The minimum absolute atomic E-state index is 0.170. The molecule has 0 saturated carbocycles. The first-order valence-electron chi connectivity index (χ1n) is 8.91. The van der Waals surface area contributed by atoms with Gasteiger partial charge >= 0.3 is 5.97 Å². The summed E-state index contributed by atoms with van der Waals surface area (Å²) in [7, 11) is 0. The molecule has 0 radical (unpaired) electrons. The van der Waals surface area contributed by atoms with Crippen LogP contribution in [0.2, 0.25) is 0 Å². The van der Waals surface area contributed by atoms with E-state index in [2.05, 4.69) is 29.2 Å². The Morgan fingerprint density at radius 1 is 1.00 bits per heavy atom. The van der Waals surface area contributed by atoms with Crippen LogP contribution in [0.5, 0.6) is 5.75 Å². The Balaban J connectivity index is 1.42. The van der Waals surface area contributed by atoms with Crippen LogP contribution >= 0.6 is 0 Å². The van der Waals surface area contributed by atoms with Gasteiger partial charge in [-0.25, -0.2) is 0 Å². The van der Waals surface area contributed by atoms with Crippen molar-refractivity contribution in [3.8, 4) is 5.75 Å². The van der Waals surface area contributed by atoms with Gasteiger partial charge < -0.3 is 9.84 Å². The average molecular weight is 339 g/mol. The van der Waals surface area contributed by atoms with Crippen molar-refractivity contribution in [2.24, 2.45) is 5.92 Å². The zero-order valence-corrected chi connectivity index (χ0v) is 14.4. The van der Waals surface area contributed by atoms with Gasteiger partial charge in [0, 0.05) is 13.0 Å². The van der Waals surface area contributed by atoms with E-state index in [0.29, 0.717) is 6.61 Å². The summed E-state index contributed by atoms with van der Waals surface area (Å²) < 4.78 is 5.82. The summed E-state index contributed by atoms with van der Waals surface area (Å²) in [5, 5.41) is 9.06. The monoisotopic (exact) mass is 339 g/mol. The van der Waals surface area contributed by atoms with Crippen molar-refractivity contribution in [2.45, 2.75) is 25.8 Å². The van der Waals surface area contributed by atoms with Gasteiger partial charge in [-0.3, -0.25) is 9.69 Å². The van der Waals surface area contributed by atoms with Crippen molar-refractivity contribution in [2.75, 3.05) is 19.7 Å². The lowest BCUT2D eigenvalue weighted by molar-refractivity contribution is -0.143. The van der Waals surface area contributed by atoms with Crippen molar-refractivity contribution in [3.63, 3.8) is 0 Å². The molecule has 4 heteroatoms. The number of carboxylic acid groups (broad SMARTS) is 1. The SMILES string of the molecule is O=C(O)C1CCN(Cc2ccc(OCCc3ccccc3)cc2)CC1. The molecule has 0 aromatic heterocycles. The lowest BCUT2D eigenvalue weighted by Gasteiger charge is -2.30. The van der Waals surface area contributed by atoms with Crippen molar-refractivity contribution in [3.05, 3.63) is 65.7 Å². The highest BCUT2D eigenvalue weighted by atomic mass is 16.5. The smallest absolute Gasteiger partial charge is 0.306 e. The van der Waals surface area contributed by atoms with Crippen LogP contribution < -0.4 is 4.74 Å². The molecule has 1 heterocycles. The third kappa shape index (κ3) is 5.33. The Morgan fingerprint density at radius 3 is 2.32 bits per heavy atom. The minimum atomic E-state index is -0.656. The molecule has 1 aliphatic rings. The number of hydrogen-bond donors (Lipinski definition) is 1. The molecule has 0 aliphatic carbocycles. The van der Waals surface area contributed by atoms with Crippen LogP contribution in [0, 0.1) is 5.92 Å². The Bertz CT molecular complexity index is 661. The number of carboxylic acids is 1. The second-order valence-electron chi connectivity index (χ2n) is 6.62. The van der Waals surface area contributed by atoms with E-state index in [1.807, 2.05) is 30.3 Å². The number of aliphatic carboxylic acids is 1. The van der Waals surface area contributed by atoms with Gasteiger partial charge in [-0.2, -0.15) is 0 Å². The van der Waals surface area contributed by atoms with E-state index in [9.17, 15) is 4.79 Å². The van der Waals surface area contributed by atoms with Gasteiger partial charge in [-0.05, 0) is 49.2 Å². The minimum Gasteiger partial charge on any atom is -0.493 e. The molecule has 132 valence electrons. The number of nitrogens with zero attached hydrogens (tertiary/aromatic N) is 1. The molecular formula is C21H25NO3. The van der Waals surface area contributed by atoms with E-state index >= 15 is 0 Å². The first-order valence-corrected chi connectivity index (χ1v) is 8.91. The number of benzene rings is 2. The second kappa shape index (κ2) is 8.67. The van der Waals surface area contributed by atoms with E-state index in [1.54, 1.807) is 0 Å². The fourth-order valence-corrected chi connectivity index (χ4v) is 3.22. The summed E-state index contributed by atoms with van der Waals surface area (Å²) in [5.74, 6) is 0.0672. The van der Waals surface area contributed by atoms with Gasteiger partial charge in [0.05, 0.1) is 12.5 Å². The predicted molar refractivity (Wildman–Crippen MR) is 97.7 cm³/mol. The molecule has 0 spiro atoms. The van der Waals surface area contributed by atoms with E-state index in [4.69, 9.17) is 9.84 Å². The first-order chi connectivity index (χ1) is 12.2. The van der Waals surface area contributed by atoms with Crippen LogP contribution in [0.15, 0.2) is 54.6 Å². The van der Waals surface area contributed by atoms with Gasteiger partial charge in [0.25, 0.3) is 0 Å². The zero-order valence-electron chi connectivity index (χ0n) is 14.4. The maximum absolute atomic E-state index is 11.0. The highest BCUT2D eigenvalue weighted by Crippen LogP contribution is 2.20. The summed E-state index contributed by atoms with van der Waals surface area (Å²) in [4.78, 5) is 13.3. The summed E-state index contributed by atoms with van der Waals surface area (Å²) in [5.41, 5.74) is 2.52. The Hall–Kier alpha value is -2.33. The molecule has 25 heavy (non-hydrogen) atoms. The normalized spacial score (nSPS) is 15.8. The molecule has 2 aromatic rings. The van der Waals surface area contributed by atoms with E-state index in [0.717, 1.165) is 44.6 Å². The molecule has 4 nitrogen and oxygen atoms in total. The molecule has 1 aliphatic heterocycles. The molecule has 0 atom stereocenters. The fraction of sp³-hybridized carbons (Fsp3) is 0.381. The van der Waals surface area contributed by atoms with Crippen LogP contribution in [0.3, 0.4) is 0 Å². The van der Waals surface area contributed by atoms with Crippen LogP contribution in [0.4, 0.5) is 0 Å². The molecule has 0 unspecified atom stereocenters. The van der Waals surface area contributed by atoms with Crippen LogP contribution in [0.1, 0.15) is 24.0 Å². The van der Waals surface area contributed by atoms with Crippen molar-refractivity contribution in [1.82, 2.24) is 4.90 Å². The number of rotatable bonds is 7. The van der Waals surface area contributed by atoms with Crippen molar-refractivity contribution >= 4 is 5.97 Å². The lowest BCUT2D eigenvalue weighted by Crippen LogP contribution is -2.35. The van der Waals surface area contributed by atoms with Gasteiger partial charge in [-0.1, -0.05) is 42.5 Å². The number of likely N-dealkylation sites (tertiary alicyclic amines) is 1. The zero-order chi connectivity index (χ0) is 17.5. The molecule has 0 amide bonds. The third-order valence-electron chi connectivity index (χ3n) is 4.77. The molecule has 3 rings (SSSR count). The number of carbonyl (C=O) groups is 1. The Labute approximate surface area is 149 Å². The topological polar surface area (TPSA) is 49.8 Å². The molecule has 0 bridgehead atoms. The average Bonchev–Trinajstić information content (AvgIpc) is 2.64. The van der Waals surface area contributed by atoms with Crippen LogP contribution in [-0.2, 0) is 17.8 Å². The first kappa shape index (κ1) is 17.5. The summed E-state index contributed by atoms with van der Waals surface area (Å²) in [6, 6.07) is 18.6. The summed E-state index contributed by atoms with van der Waals surface area (Å²) >= 11 is 0. The summed E-state index contributed by atoms with van der Waals surface area (Å²) in [6.45, 7) is 3.25. The van der Waals surface area contributed by atoms with E-state index in [1.165, 1.54) is 11.1 Å². The maximum Gasteiger partial charge on any atom is 0.306 e. The molecule has 1 N–H and O–H groups in total. The molecule has 2 aromatic carbocycles. The van der Waals surface area contributed by atoms with Gasteiger partial charge in [-0.15, -0.1) is 0 Å². The largest absolute Gasteiger partial charge is 0.493 e. The summed E-state index contributed by atoms with van der Waals surface area (Å²) in [6.07, 6.45) is 2.40. The Kier molecular flexibility index (Phi) is 6.07. The number of hydrogen-bond acceptors (Lipinski definition) is 3. The van der Waals surface area contributed by atoms with Gasteiger partial charge in [0.2, 0.25) is 0 Å².